The van der Waals surface area contributed by atoms with Crippen LogP contribution in [0.25, 0.3) is 22.2 Å². The lowest BCUT2D eigenvalue weighted by Gasteiger charge is -2.15. The van der Waals surface area contributed by atoms with Gasteiger partial charge in [0, 0.05) is 29.8 Å². The summed E-state index contributed by atoms with van der Waals surface area (Å²) >= 11 is 0. The van der Waals surface area contributed by atoms with Gasteiger partial charge in [0.05, 0.1) is 16.8 Å². The third-order valence-electron chi connectivity index (χ3n) is 4.38. The van der Waals surface area contributed by atoms with Crippen molar-refractivity contribution in [3.05, 3.63) is 95.8 Å². The number of aromatic nitrogens is 2. The van der Waals surface area contributed by atoms with Gasteiger partial charge in [0.1, 0.15) is 0 Å². The van der Waals surface area contributed by atoms with Crippen molar-refractivity contribution in [3.63, 3.8) is 0 Å². The molecular formula is C22H16N2O2. The Balaban J connectivity index is 2.04. The van der Waals surface area contributed by atoms with Gasteiger partial charge in [-0.1, -0.05) is 48.5 Å². The molecule has 4 rings (SSSR count). The predicted molar refractivity (Wildman–Crippen MR) is 101 cm³/mol. The fourth-order valence-electron chi connectivity index (χ4n) is 3.21. The molecule has 0 unspecified atom stereocenters. The molecule has 0 aliphatic rings. The number of carbonyl (C=O) groups is 1. The summed E-state index contributed by atoms with van der Waals surface area (Å²) in [6.45, 7) is 0. The molecule has 4 heteroatoms. The van der Waals surface area contributed by atoms with E-state index >= 15 is 0 Å². The van der Waals surface area contributed by atoms with Crippen LogP contribution in [0.3, 0.4) is 0 Å². The second kappa shape index (κ2) is 6.76. The molecular weight excluding hydrogens is 324 g/mol. The molecule has 2 heterocycles. The van der Waals surface area contributed by atoms with Crippen molar-refractivity contribution < 1.29 is 9.90 Å². The summed E-state index contributed by atoms with van der Waals surface area (Å²) in [7, 11) is 0. The summed E-state index contributed by atoms with van der Waals surface area (Å²) in [5, 5.41) is 10.6. The molecule has 0 saturated heterocycles. The zero-order valence-corrected chi connectivity index (χ0v) is 14.0. The second-order valence-electron chi connectivity index (χ2n) is 6.03. The van der Waals surface area contributed by atoms with Gasteiger partial charge in [0.15, 0.2) is 0 Å². The molecule has 0 radical (unpaired) electrons. The Morgan fingerprint density at radius 3 is 2.31 bits per heavy atom. The first kappa shape index (κ1) is 16.0. The van der Waals surface area contributed by atoms with Crippen LogP contribution >= 0.6 is 0 Å². The highest BCUT2D eigenvalue weighted by Crippen LogP contribution is 2.31. The van der Waals surface area contributed by atoms with Gasteiger partial charge in [-0.05, 0) is 29.3 Å². The minimum absolute atomic E-state index is 0.311. The van der Waals surface area contributed by atoms with Crippen LogP contribution in [-0.2, 0) is 6.42 Å². The van der Waals surface area contributed by atoms with Gasteiger partial charge in [-0.3, -0.25) is 4.98 Å². The molecule has 0 aliphatic heterocycles. The van der Waals surface area contributed by atoms with E-state index in [1.807, 2.05) is 66.7 Å². The standard InChI is InChI=1S/C22H16N2O2/c25-22(26)20-17-8-4-5-9-19(17)24-21(16-6-2-1-3-7-16)18(20)14-15-10-12-23-13-11-15/h1-13H,14H2,(H,25,26). The Kier molecular flexibility index (Phi) is 4.15. The minimum atomic E-state index is -0.940. The average molecular weight is 340 g/mol. The van der Waals surface area contributed by atoms with Crippen molar-refractivity contribution in [2.45, 2.75) is 6.42 Å². The Labute approximate surface area is 150 Å². The quantitative estimate of drug-likeness (QED) is 0.590. The summed E-state index contributed by atoms with van der Waals surface area (Å²) in [6.07, 6.45) is 3.91. The fourth-order valence-corrected chi connectivity index (χ4v) is 3.21. The summed E-state index contributed by atoms with van der Waals surface area (Å²) in [5.41, 5.74) is 4.32. The van der Waals surface area contributed by atoms with Gasteiger partial charge >= 0.3 is 5.97 Å². The first-order valence-electron chi connectivity index (χ1n) is 8.33. The molecule has 0 spiro atoms. The number of nitrogens with zero attached hydrogens (tertiary/aromatic N) is 2. The lowest BCUT2D eigenvalue weighted by atomic mass is 9.92. The fraction of sp³-hybridized carbons (Fsp3) is 0.0455. The number of carboxylic acid groups (broad SMARTS) is 1. The SMILES string of the molecule is O=C(O)c1c(Cc2ccncc2)c(-c2ccccc2)nc2ccccc12. The van der Waals surface area contributed by atoms with Crippen LogP contribution in [0.4, 0.5) is 0 Å². The van der Waals surface area contributed by atoms with Crippen molar-refractivity contribution in [1.82, 2.24) is 9.97 Å². The van der Waals surface area contributed by atoms with Crippen molar-refractivity contribution in [2.75, 3.05) is 0 Å². The van der Waals surface area contributed by atoms with E-state index in [1.165, 1.54) is 0 Å². The molecule has 0 amide bonds. The lowest BCUT2D eigenvalue weighted by Crippen LogP contribution is -2.08. The first-order valence-corrected chi connectivity index (χ1v) is 8.33. The van der Waals surface area contributed by atoms with Gasteiger partial charge in [0.2, 0.25) is 0 Å². The van der Waals surface area contributed by atoms with E-state index in [9.17, 15) is 9.90 Å². The number of rotatable bonds is 4. The van der Waals surface area contributed by atoms with E-state index in [0.717, 1.165) is 11.1 Å². The van der Waals surface area contributed by atoms with Crippen molar-refractivity contribution >= 4 is 16.9 Å². The molecule has 2 aromatic heterocycles. The van der Waals surface area contributed by atoms with Gasteiger partial charge in [-0.25, -0.2) is 9.78 Å². The minimum Gasteiger partial charge on any atom is -0.478 e. The predicted octanol–water partition coefficient (Wildman–Crippen LogP) is 4.59. The zero-order valence-electron chi connectivity index (χ0n) is 14.0. The highest BCUT2D eigenvalue weighted by atomic mass is 16.4. The smallest absolute Gasteiger partial charge is 0.336 e. The van der Waals surface area contributed by atoms with Crippen molar-refractivity contribution in [3.8, 4) is 11.3 Å². The summed E-state index contributed by atoms with van der Waals surface area (Å²) < 4.78 is 0. The molecule has 2 aromatic carbocycles. The summed E-state index contributed by atoms with van der Waals surface area (Å²) in [5.74, 6) is -0.940. The zero-order chi connectivity index (χ0) is 17.9. The summed E-state index contributed by atoms with van der Waals surface area (Å²) in [6, 6.07) is 20.9. The summed E-state index contributed by atoms with van der Waals surface area (Å²) in [4.78, 5) is 21.0. The molecule has 126 valence electrons. The number of hydrogen-bond donors (Lipinski definition) is 1. The average Bonchev–Trinajstić information content (AvgIpc) is 2.68. The maximum atomic E-state index is 12.2. The van der Waals surface area contributed by atoms with E-state index in [2.05, 4.69) is 4.98 Å². The molecule has 1 N–H and O–H groups in total. The number of aromatic carboxylic acids is 1. The van der Waals surface area contributed by atoms with Crippen LogP contribution in [0.5, 0.6) is 0 Å². The van der Waals surface area contributed by atoms with Crippen LogP contribution in [-0.4, -0.2) is 21.0 Å². The number of para-hydroxylation sites is 1. The number of carboxylic acids is 1. The molecule has 0 saturated carbocycles. The monoisotopic (exact) mass is 340 g/mol. The van der Waals surface area contributed by atoms with Crippen LogP contribution in [0.1, 0.15) is 21.5 Å². The maximum absolute atomic E-state index is 12.2. The molecule has 4 aromatic rings. The van der Waals surface area contributed by atoms with Gasteiger partial charge < -0.3 is 5.11 Å². The van der Waals surface area contributed by atoms with Crippen LogP contribution in [0, 0.1) is 0 Å². The van der Waals surface area contributed by atoms with Crippen LogP contribution in [0.15, 0.2) is 79.1 Å². The Hall–Kier alpha value is -3.53. The number of fused-ring (bicyclic) bond motifs is 1. The van der Waals surface area contributed by atoms with Crippen molar-refractivity contribution in [2.24, 2.45) is 0 Å². The van der Waals surface area contributed by atoms with Gasteiger partial charge in [0.25, 0.3) is 0 Å². The highest BCUT2D eigenvalue weighted by Gasteiger charge is 2.21. The molecule has 0 aliphatic carbocycles. The largest absolute Gasteiger partial charge is 0.478 e. The van der Waals surface area contributed by atoms with E-state index in [-0.39, 0.29) is 0 Å². The van der Waals surface area contributed by atoms with Crippen LogP contribution in [0.2, 0.25) is 0 Å². The molecule has 0 fully saturated rings. The van der Waals surface area contributed by atoms with Gasteiger partial charge in [-0.2, -0.15) is 0 Å². The molecule has 0 bridgehead atoms. The number of hydrogen-bond acceptors (Lipinski definition) is 3. The second-order valence-corrected chi connectivity index (χ2v) is 6.03. The Bertz CT molecular complexity index is 1080. The lowest BCUT2D eigenvalue weighted by molar-refractivity contribution is 0.0698. The van der Waals surface area contributed by atoms with E-state index in [4.69, 9.17) is 4.98 Å². The van der Waals surface area contributed by atoms with Crippen LogP contribution < -0.4 is 0 Å². The van der Waals surface area contributed by atoms with Gasteiger partial charge in [-0.15, -0.1) is 0 Å². The van der Waals surface area contributed by atoms with E-state index in [0.29, 0.717) is 34.1 Å². The molecule has 0 atom stereocenters. The normalized spacial score (nSPS) is 10.8. The maximum Gasteiger partial charge on any atom is 0.336 e. The topological polar surface area (TPSA) is 63.1 Å². The third-order valence-corrected chi connectivity index (χ3v) is 4.38. The van der Waals surface area contributed by atoms with E-state index < -0.39 is 5.97 Å². The third kappa shape index (κ3) is 2.93. The number of pyridine rings is 2. The molecule has 4 nitrogen and oxygen atoms in total. The highest BCUT2D eigenvalue weighted by molar-refractivity contribution is 6.05. The molecule has 26 heavy (non-hydrogen) atoms. The Morgan fingerprint density at radius 2 is 1.58 bits per heavy atom. The number of benzene rings is 2. The van der Waals surface area contributed by atoms with E-state index in [1.54, 1.807) is 12.4 Å². The Morgan fingerprint density at radius 1 is 0.885 bits per heavy atom. The first-order chi connectivity index (χ1) is 12.7. The van der Waals surface area contributed by atoms with Crippen molar-refractivity contribution in [1.29, 1.82) is 0 Å².